The summed E-state index contributed by atoms with van der Waals surface area (Å²) in [6.07, 6.45) is 0. The van der Waals surface area contributed by atoms with Crippen molar-refractivity contribution < 1.29 is 4.79 Å². The summed E-state index contributed by atoms with van der Waals surface area (Å²) in [6, 6.07) is 5.71. The molecule has 1 amide bonds. The number of hydrogen-bond donors (Lipinski definition) is 2. The molecule has 0 spiro atoms. The van der Waals surface area contributed by atoms with Gasteiger partial charge in [-0.1, -0.05) is 0 Å². The van der Waals surface area contributed by atoms with Crippen LogP contribution in [0.4, 0.5) is 5.69 Å². The molecule has 0 aliphatic rings. The molecule has 0 atom stereocenters. The van der Waals surface area contributed by atoms with E-state index in [9.17, 15) is 4.79 Å². The van der Waals surface area contributed by atoms with E-state index in [2.05, 4.69) is 15.6 Å². The van der Waals surface area contributed by atoms with Crippen molar-refractivity contribution in [3.8, 4) is 0 Å². The summed E-state index contributed by atoms with van der Waals surface area (Å²) in [4.78, 5) is 17.4. The van der Waals surface area contributed by atoms with Crippen LogP contribution in [-0.2, 0) is 6.54 Å². The van der Waals surface area contributed by atoms with E-state index in [1.807, 2.05) is 39.1 Å². The number of thiazole rings is 1. The lowest BCUT2D eigenvalue weighted by atomic mass is 10.1. The van der Waals surface area contributed by atoms with Gasteiger partial charge in [0.1, 0.15) is 0 Å². The molecular formula is C14H17N3OS. The van der Waals surface area contributed by atoms with Crippen molar-refractivity contribution in [1.29, 1.82) is 0 Å². The molecule has 5 heteroatoms. The summed E-state index contributed by atoms with van der Waals surface area (Å²) < 4.78 is 0. The second kappa shape index (κ2) is 5.84. The molecule has 1 heterocycles. The Morgan fingerprint density at radius 2 is 2.16 bits per heavy atom. The van der Waals surface area contributed by atoms with Gasteiger partial charge in [-0.15, -0.1) is 11.3 Å². The maximum Gasteiger partial charge on any atom is 0.251 e. The largest absolute Gasteiger partial charge is 0.388 e. The number of nitrogens with zero attached hydrogens (tertiary/aromatic N) is 1. The van der Waals surface area contributed by atoms with Gasteiger partial charge in [0, 0.05) is 23.2 Å². The maximum absolute atomic E-state index is 12.1. The first-order chi connectivity index (χ1) is 9.11. The molecule has 0 bridgehead atoms. The zero-order chi connectivity index (χ0) is 13.8. The highest BCUT2D eigenvalue weighted by Gasteiger charge is 2.10. The molecule has 2 N–H and O–H groups in total. The molecule has 1 aromatic heterocycles. The van der Waals surface area contributed by atoms with Crippen LogP contribution in [0.5, 0.6) is 0 Å². The lowest BCUT2D eigenvalue weighted by Crippen LogP contribution is -2.23. The average molecular weight is 275 g/mol. The van der Waals surface area contributed by atoms with Crippen LogP contribution in [0.1, 0.15) is 26.5 Å². The molecule has 0 unspecified atom stereocenters. The third-order valence-electron chi connectivity index (χ3n) is 3.01. The van der Waals surface area contributed by atoms with Crippen LogP contribution >= 0.6 is 11.3 Å². The van der Waals surface area contributed by atoms with Crippen LogP contribution in [0.25, 0.3) is 0 Å². The van der Waals surface area contributed by atoms with E-state index >= 15 is 0 Å². The fourth-order valence-corrected chi connectivity index (χ4v) is 2.54. The lowest BCUT2D eigenvalue weighted by molar-refractivity contribution is 0.0950. The van der Waals surface area contributed by atoms with Crippen molar-refractivity contribution >= 4 is 22.9 Å². The summed E-state index contributed by atoms with van der Waals surface area (Å²) >= 11 is 1.56. The lowest BCUT2D eigenvalue weighted by Gasteiger charge is -2.09. The molecule has 0 radical (unpaired) electrons. The van der Waals surface area contributed by atoms with Gasteiger partial charge >= 0.3 is 0 Å². The number of nitrogens with one attached hydrogen (secondary N) is 2. The minimum Gasteiger partial charge on any atom is -0.388 e. The van der Waals surface area contributed by atoms with Crippen molar-refractivity contribution in [3.63, 3.8) is 0 Å². The van der Waals surface area contributed by atoms with Gasteiger partial charge in [-0.25, -0.2) is 4.98 Å². The van der Waals surface area contributed by atoms with Gasteiger partial charge in [-0.05, 0) is 37.6 Å². The molecule has 19 heavy (non-hydrogen) atoms. The van der Waals surface area contributed by atoms with Gasteiger partial charge in [-0.3, -0.25) is 4.79 Å². The number of amides is 1. The topological polar surface area (TPSA) is 54.0 Å². The van der Waals surface area contributed by atoms with Crippen molar-refractivity contribution in [2.75, 3.05) is 12.4 Å². The van der Waals surface area contributed by atoms with Gasteiger partial charge < -0.3 is 10.6 Å². The maximum atomic E-state index is 12.1. The molecule has 4 nitrogen and oxygen atoms in total. The van der Waals surface area contributed by atoms with Gasteiger partial charge in [0.15, 0.2) is 0 Å². The van der Waals surface area contributed by atoms with E-state index in [-0.39, 0.29) is 5.91 Å². The van der Waals surface area contributed by atoms with E-state index in [0.717, 1.165) is 21.8 Å². The highest BCUT2D eigenvalue weighted by atomic mass is 32.1. The minimum atomic E-state index is -0.0482. The predicted octanol–water partition coefficient (Wildman–Crippen LogP) is 2.73. The Morgan fingerprint density at radius 1 is 1.37 bits per heavy atom. The molecule has 0 aliphatic heterocycles. The van der Waals surface area contributed by atoms with Gasteiger partial charge in [0.2, 0.25) is 0 Å². The van der Waals surface area contributed by atoms with Crippen LogP contribution in [0.3, 0.4) is 0 Å². The number of carbonyl (C=O) groups is 1. The molecule has 100 valence electrons. The van der Waals surface area contributed by atoms with E-state index in [4.69, 9.17) is 0 Å². The van der Waals surface area contributed by atoms with E-state index < -0.39 is 0 Å². The Hall–Kier alpha value is -1.88. The predicted molar refractivity (Wildman–Crippen MR) is 78.7 cm³/mol. The van der Waals surface area contributed by atoms with Crippen LogP contribution in [-0.4, -0.2) is 17.9 Å². The van der Waals surface area contributed by atoms with Crippen molar-refractivity contribution in [1.82, 2.24) is 10.3 Å². The molecule has 0 aliphatic carbocycles. The van der Waals surface area contributed by atoms with Crippen LogP contribution in [0, 0.1) is 13.8 Å². The monoisotopic (exact) mass is 275 g/mol. The zero-order valence-electron chi connectivity index (χ0n) is 11.3. The minimum absolute atomic E-state index is 0.0482. The standard InChI is InChI=1S/C14H17N3OS/c1-9-6-11(15-3)4-5-12(9)14(18)16-7-13-10(2)17-8-19-13/h4-6,8,15H,7H2,1-3H3,(H,16,18). The first kappa shape index (κ1) is 13.5. The van der Waals surface area contributed by atoms with E-state index in [1.165, 1.54) is 0 Å². The Bertz CT molecular complexity index is 592. The van der Waals surface area contributed by atoms with Crippen LogP contribution in [0.2, 0.25) is 0 Å². The number of carbonyl (C=O) groups excluding carboxylic acids is 1. The third-order valence-corrected chi connectivity index (χ3v) is 3.95. The molecular weight excluding hydrogens is 258 g/mol. The van der Waals surface area contributed by atoms with E-state index in [1.54, 1.807) is 16.8 Å². The summed E-state index contributed by atoms with van der Waals surface area (Å²) in [5.74, 6) is -0.0482. The summed E-state index contributed by atoms with van der Waals surface area (Å²) in [7, 11) is 1.86. The number of aryl methyl sites for hydroxylation is 2. The smallest absolute Gasteiger partial charge is 0.251 e. The highest BCUT2D eigenvalue weighted by Crippen LogP contribution is 2.16. The number of anilines is 1. The SMILES string of the molecule is CNc1ccc(C(=O)NCc2scnc2C)c(C)c1. The third kappa shape index (κ3) is 3.12. The Morgan fingerprint density at radius 3 is 2.74 bits per heavy atom. The second-order valence-corrected chi connectivity index (χ2v) is 5.26. The fraction of sp³-hybridized carbons (Fsp3) is 0.286. The van der Waals surface area contributed by atoms with Crippen LogP contribution < -0.4 is 10.6 Å². The van der Waals surface area contributed by atoms with Gasteiger partial charge in [0.25, 0.3) is 5.91 Å². The van der Waals surface area contributed by atoms with Gasteiger partial charge in [0.05, 0.1) is 17.7 Å². The summed E-state index contributed by atoms with van der Waals surface area (Å²) in [6.45, 7) is 4.42. The number of aromatic nitrogens is 1. The van der Waals surface area contributed by atoms with Gasteiger partial charge in [-0.2, -0.15) is 0 Å². The first-order valence-electron chi connectivity index (χ1n) is 6.07. The second-order valence-electron chi connectivity index (χ2n) is 4.32. The van der Waals surface area contributed by atoms with Crippen molar-refractivity contribution in [2.24, 2.45) is 0 Å². The number of hydrogen-bond acceptors (Lipinski definition) is 4. The highest BCUT2D eigenvalue weighted by molar-refractivity contribution is 7.09. The molecule has 0 saturated carbocycles. The zero-order valence-corrected chi connectivity index (χ0v) is 12.1. The number of benzene rings is 1. The summed E-state index contributed by atoms with van der Waals surface area (Å²) in [5, 5.41) is 5.99. The molecule has 2 rings (SSSR count). The average Bonchev–Trinajstić information content (AvgIpc) is 2.81. The quantitative estimate of drug-likeness (QED) is 0.902. The van der Waals surface area contributed by atoms with Crippen molar-refractivity contribution in [2.45, 2.75) is 20.4 Å². The summed E-state index contributed by atoms with van der Waals surface area (Å²) in [5.41, 5.74) is 5.45. The van der Waals surface area contributed by atoms with Crippen LogP contribution in [0.15, 0.2) is 23.7 Å². The first-order valence-corrected chi connectivity index (χ1v) is 6.95. The Kier molecular flexibility index (Phi) is 4.16. The fourth-order valence-electron chi connectivity index (χ4n) is 1.83. The Balaban J connectivity index is 2.06. The van der Waals surface area contributed by atoms with Crippen molar-refractivity contribution in [3.05, 3.63) is 45.4 Å². The Labute approximate surface area is 116 Å². The molecule has 1 aromatic carbocycles. The molecule has 0 fully saturated rings. The normalized spacial score (nSPS) is 10.3. The number of rotatable bonds is 4. The van der Waals surface area contributed by atoms with E-state index in [0.29, 0.717) is 12.1 Å². The molecule has 2 aromatic rings. The molecule has 0 saturated heterocycles.